The minimum Gasteiger partial charge on any atom is -0.497 e. The van der Waals surface area contributed by atoms with Gasteiger partial charge in [0.1, 0.15) is 22.9 Å². The average molecular weight is 407 g/mol. The van der Waals surface area contributed by atoms with Crippen molar-refractivity contribution in [3.8, 4) is 5.75 Å². The third kappa shape index (κ3) is 10.1. The summed E-state index contributed by atoms with van der Waals surface area (Å²) in [6, 6.07) is 7.29. The van der Waals surface area contributed by atoms with E-state index >= 15 is 0 Å². The van der Waals surface area contributed by atoms with Crippen LogP contribution >= 0.6 is 0 Å². The highest BCUT2D eigenvalue weighted by Gasteiger charge is 2.10. The van der Waals surface area contributed by atoms with Gasteiger partial charge < -0.3 is 14.2 Å². The summed E-state index contributed by atoms with van der Waals surface area (Å²) in [5.41, 5.74) is 1.84. The van der Waals surface area contributed by atoms with Crippen molar-refractivity contribution in [3.05, 3.63) is 109 Å². The molecule has 0 unspecified atom stereocenters. The SMILES string of the molecule is C=C(/C=C\C(=C)C(=C)/C=C\C(=C)OC(C)(C)C)OC(=O)/C=C/c1ccc(OC)cc1. The van der Waals surface area contributed by atoms with Crippen molar-refractivity contribution in [2.75, 3.05) is 7.11 Å². The van der Waals surface area contributed by atoms with Gasteiger partial charge in [0.05, 0.1) is 7.11 Å². The second-order valence-corrected chi connectivity index (χ2v) is 7.39. The van der Waals surface area contributed by atoms with E-state index in [0.29, 0.717) is 16.9 Å². The fraction of sp³-hybridized carbons (Fsp3) is 0.192. The topological polar surface area (TPSA) is 44.8 Å². The predicted octanol–water partition coefficient (Wildman–Crippen LogP) is 6.32. The quantitative estimate of drug-likeness (QED) is 0.197. The zero-order valence-corrected chi connectivity index (χ0v) is 18.2. The summed E-state index contributed by atoms with van der Waals surface area (Å²) in [4.78, 5) is 11.9. The van der Waals surface area contributed by atoms with Gasteiger partial charge in [-0.2, -0.15) is 0 Å². The highest BCUT2D eigenvalue weighted by Crippen LogP contribution is 2.16. The molecule has 1 rings (SSSR count). The Kier molecular flexibility index (Phi) is 9.37. The molecule has 0 aliphatic carbocycles. The minimum atomic E-state index is -0.527. The van der Waals surface area contributed by atoms with Crippen LogP contribution in [0.2, 0.25) is 0 Å². The predicted molar refractivity (Wildman–Crippen MR) is 124 cm³/mol. The van der Waals surface area contributed by atoms with Gasteiger partial charge in [0.2, 0.25) is 0 Å². The van der Waals surface area contributed by atoms with Crippen LogP contribution in [-0.4, -0.2) is 18.7 Å². The molecule has 4 nitrogen and oxygen atoms in total. The lowest BCUT2D eigenvalue weighted by Gasteiger charge is -2.21. The summed E-state index contributed by atoms with van der Waals surface area (Å²) in [6.07, 6.45) is 9.69. The number of esters is 1. The molecule has 0 N–H and O–H groups in total. The lowest BCUT2D eigenvalue weighted by atomic mass is 10.1. The molecule has 158 valence electrons. The maximum absolute atomic E-state index is 11.9. The molecule has 1 aromatic rings. The highest BCUT2D eigenvalue weighted by molar-refractivity contribution is 5.87. The highest BCUT2D eigenvalue weighted by atomic mass is 16.5. The monoisotopic (exact) mass is 406 g/mol. The molecule has 0 saturated heterocycles. The van der Waals surface area contributed by atoms with Crippen molar-refractivity contribution in [1.82, 2.24) is 0 Å². The lowest BCUT2D eigenvalue weighted by molar-refractivity contribution is -0.133. The number of rotatable bonds is 10. The Hall–Kier alpha value is -3.53. The van der Waals surface area contributed by atoms with Crippen LogP contribution < -0.4 is 4.74 Å². The third-order valence-electron chi connectivity index (χ3n) is 3.55. The number of methoxy groups -OCH3 is 1. The molecule has 0 atom stereocenters. The van der Waals surface area contributed by atoms with Gasteiger partial charge in [-0.1, -0.05) is 50.6 Å². The first kappa shape index (κ1) is 24.5. The molecule has 0 amide bonds. The van der Waals surface area contributed by atoms with E-state index in [9.17, 15) is 4.79 Å². The van der Waals surface area contributed by atoms with Gasteiger partial charge in [-0.3, -0.25) is 0 Å². The first-order valence-electron chi connectivity index (χ1n) is 9.35. The molecular formula is C26H30O4. The summed E-state index contributed by atoms with van der Waals surface area (Å²) in [7, 11) is 1.60. The van der Waals surface area contributed by atoms with E-state index in [1.165, 1.54) is 6.08 Å². The summed E-state index contributed by atoms with van der Waals surface area (Å²) >= 11 is 0. The number of hydrogen-bond donors (Lipinski definition) is 0. The standard InChI is InChI=1S/C26H30O4/c1-19(20(2)10-12-22(4)30-26(5,6)7)9-11-21(3)29-25(27)18-15-23-13-16-24(28-8)17-14-23/h9-18H,1-4H2,5-8H3/b11-9-,12-10-,18-15+. The van der Waals surface area contributed by atoms with Crippen LogP contribution in [-0.2, 0) is 14.3 Å². The molecule has 0 aliphatic heterocycles. The van der Waals surface area contributed by atoms with Crippen molar-refractivity contribution < 1.29 is 19.0 Å². The van der Waals surface area contributed by atoms with Crippen LogP contribution in [0.15, 0.2) is 104 Å². The number of ether oxygens (including phenoxy) is 3. The van der Waals surface area contributed by atoms with E-state index in [1.54, 1.807) is 37.5 Å². The Morgan fingerprint density at radius 2 is 1.37 bits per heavy atom. The number of benzene rings is 1. The fourth-order valence-electron chi connectivity index (χ4n) is 2.10. The zero-order valence-electron chi connectivity index (χ0n) is 18.2. The molecule has 30 heavy (non-hydrogen) atoms. The van der Waals surface area contributed by atoms with Crippen LogP contribution in [0.5, 0.6) is 5.75 Å². The summed E-state index contributed by atoms with van der Waals surface area (Å²) in [5, 5.41) is 0. The third-order valence-corrected chi connectivity index (χ3v) is 3.55. The average Bonchev–Trinajstić information content (AvgIpc) is 2.67. The Balaban J connectivity index is 2.53. The van der Waals surface area contributed by atoms with Crippen molar-refractivity contribution >= 4 is 12.0 Å². The van der Waals surface area contributed by atoms with Gasteiger partial charge in [0.25, 0.3) is 0 Å². The smallest absolute Gasteiger partial charge is 0.336 e. The molecule has 0 aliphatic rings. The van der Waals surface area contributed by atoms with Gasteiger partial charge in [0.15, 0.2) is 0 Å². The van der Waals surface area contributed by atoms with Gasteiger partial charge in [-0.25, -0.2) is 4.79 Å². The Morgan fingerprint density at radius 3 is 1.87 bits per heavy atom. The van der Waals surface area contributed by atoms with E-state index in [1.807, 2.05) is 45.0 Å². The fourth-order valence-corrected chi connectivity index (χ4v) is 2.10. The van der Waals surface area contributed by atoms with Gasteiger partial charge in [0, 0.05) is 6.08 Å². The van der Waals surface area contributed by atoms with E-state index < -0.39 is 5.97 Å². The van der Waals surface area contributed by atoms with Crippen LogP contribution in [0.4, 0.5) is 0 Å². The molecule has 0 bridgehead atoms. The van der Waals surface area contributed by atoms with E-state index in [0.717, 1.165) is 11.3 Å². The van der Waals surface area contributed by atoms with Gasteiger partial charge in [-0.05, 0) is 67.8 Å². The van der Waals surface area contributed by atoms with Gasteiger partial charge in [-0.15, -0.1) is 0 Å². The molecule has 0 heterocycles. The van der Waals surface area contributed by atoms with Crippen LogP contribution in [0.25, 0.3) is 6.08 Å². The maximum Gasteiger partial charge on any atom is 0.336 e. The normalized spacial score (nSPS) is 11.6. The molecule has 4 heteroatoms. The Morgan fingerprint density at radius 1 is 0.833 bits per heavy atom. The number of carbonyl (C=O) groups is 1. The Bertz CT molecular complexity index is 888. The zero-order chi connectivity index (χ0) is 22.7. The van der Waals surface area contributed by atoms with Crippen LogP contribution in [0.1, 0.15) is 26.3 Å². The van der Waals surface area contributed by atoms with Crippen LogP contribution in [0.3, 0.4) is 0 Å². The molecule has 0 radical (unpaired) electrons. The first-order chi connectivity index (χ1) is 14.0. The first-order valence-corrected chi connectivity index (χ1v) is 9.35. The maximum atomic E-state index is 11.9. The van der Waals surface area contributed by atoms with Crippen molar-refractivity contribution in [1.29, 1.82) is 0 Å². The largest absolute Gasteiger partial charge is 0.497 e. The van der Waals surface area contributed by atoms with Crippen molar-refractivity contribution in [2.24, 2.45) is 0 Å². The van der Waals surface area contributed by atoms with Crippen molar-refractivity contribution in [2.45, 2.75) is 26.4 Å². The number of carbonyl (C=O) groups excluding carboxylic acids is 1. The molecule has 0 aromatic heterocycles. The van der Waals surface area contributed by atoms with E-state index in [2.05, 4.69) is 26.3 Å². The number of allylic oxidation sites excluding steroid dienone is 6. The second-order valence-electron chi connectivity index (χ2n) is 7.39. The molecule has 0 fully saturated rings. The lowest BCUT2D eigenvalue weighted by Crippen LogP contribution is -2.17. The molecule has 0 saturated carbocycles. The van der Waals surface area contributed by atoms with E-state index in [4.69, 9.17) is 14.2 Å². The van der Waals surface area contributed by atoms with Crippen LogP contribution in [0, 0.1) is 0 Å². The molecule has 0 spiro atoms. The van der Waals surface area contributed by atoms with Gasteiger partial charge >= 0.3 is 5.97 Å². The minimum absolute atomic E-state index is 0.192. The number of hydrogen-bond acceptors (Lipinski definition) is 4. The molecule has 1 aromatic carbocycles. The summed E-state index contributed by atoms with van der Waals surface area (Å²) in [6.45, 7) is 21.3. The van der Waals surface area contributed by atoms with Crippen molar-refractivity contribution in [3.63, 3.8) is 0 Å². The summed E-state index contributed by atoms with van der Waals surface area (Å²) < 4.78 is 15.9. The summed E-state index contributed by atoms with van der Waals surface area (Å²) in [5.74, 6) is 0.941. The van der Waals surface area contributed by atoms with E-state index in [-0.39, 0.29) is 11.4 Å². The Labute approximate surface area is 179 Å². The second kappa shape index (κ2) is 11.5. The molecular weight excluding hydrogens is 376 g/mol.